The summed E-state index contributed by atoms with van der Waals surface area (Å²) in [5.74, 6) is 0.0858. The van der Waals surface area contributed by atoms with Crippen LogP contribution in [0.3, 0.4) is 0 Å². The van der Waals surface area contributed by atoms with E-state index in [1.165, 1.54) is 4.90 Å². The fraction of sp³-hybridized carbons (Fsp3) is 0.714. The van der Waals surface area contributed by atoms with Crippen LogP contribution < -0.4 is 5.32 Å². The minimum absolute atomic E-state index is 0.260. The van der Waals surface area contributed by atoms with E-state index in [1.54, 1.807) is 6.92 Å². The molecular formula is C7H12N2O2S. The number of rotatable bonds is 2. The average Bonchev–Trinajstić information content (AvgIpc) is 2.24. The maximum atomic E-state index is 11.3. The van der Waals surface area contributed by atoms with E-state index in [1.807, 2.05) is 6.92 Å². The van der Waals surface area contributed by atoms with Crippen molar-refractivity contribution in [2.24, 2.45) is 0 Å². The van der Waals surface area contributed by atoms with Crippen molar-refractivity contribution < 1.29 is 9.59 Å². The third kappa shape index (κ3) is 1.08. The Morgan fingerprint density at radius 3 is 2.50 bits per heavy atom. The summed E-state index contributed by atoms with van der Waals surface area (Å²) in [6.07, 6.45) is 0. The van der Waals surface area contributed by atoms with Crippen LogP contribution in [0.5, 0.6) is 0 Å². The number of nitrogens with zero attached hydrogens (tertiary/aromatic N) is 1. The highest BCUT2D eigenvalue weighted by Crippen LogP contribution is 2.22. The fourth-order valence-electron chi connectivity index (χ4n) is 1.30. The maximum Gasteiger partial charge on any atom is 0.325 e. The van der Waals surface area contributed by atoms with Crippen LogP contribution in [-0.2, 0) is 4.79 Å². The second kappa shape index (κ2) is 2.97. The summed E-state index contributed by atoms with van der Waals surface area (Å²) in [6.45, 7) is 4.07. The standard InChI is InChI=1S/C7H12N2O2S/c1-3-9-6(11)8-5(10)7(9,2)4-12/h12H,3-4H2,1-2H3,(H,8,10,11)/t7-/m1/s1. The number of nitrogens with one attached hydrogen (secondary N) is 1. The number of imide groups is 1. The van der Waals surface area contributed by atoms with E-state index in [2.05, 4.69) is 17.9 Å². The number of hydrogen-bond acceptors (Lipinski definition) is 3. The van der Waals surface area contributed by atoms with Gasteiger partial charge < -0.3 is 4.90 Å². The molecule has 5 heteroatoms. The van der Waals surface area contributed by atoms with Gasteiger partial charge in [0.05, 0.1) is 0 Å². The molecule has 0 aliphatic carbocycles. The van der Waals surface area contributed by atoms with Crippen molar-refractivity contribution in [1.29, 1.82) is 0 Å². The van der Waals surface area contributed by atoms with Gasteiger partial charge in [0, 0.05) is 12.3 Å². The Morgan fingerprint density at radius 2 is 2.17 bits per heavy atom. The van der Waals surface area contributed by atoms with Crippen LogP contribution in [0.15, 0.2) is 0 Å². The number of amides is 3. The molecule has 0 unspecified atom stereocenters. The molecule has 1 rings (SSSR count). The molecule has 0 saturated carbocycles. The van der Waals surface area contributed by atoms with Gasteiger partial charge in [-0.15, -0.1) is 0 Å². The Balaban J connectivity index is 2.97. The van der Waals surface area contributed by atoms with Crippen LogP contribution in [0.25, 0.3) is 0 Å². The Hall–Kier alpha value is -0.710. The van der Waals surface area contributed by atoms with Crippen molar-refractivity contribution in [1.82, 2.24) is 10.2 Å². The maximum absolute atomic E-state index is 11.3. The third-order valence-corrected chi connectivity index (χ3v) is 2.79. The van der Waals surface area contributed by atoms with Crippen molar-refractivity contribution in [3.63, 3.8) is 0 Å². The number of carbonyl (C=O) groups is 2. The molecule has 1 fully saturated rings. The van der Waals surface area contributed by atoms with Gasteiger partial charge in [0.25, 0.3) is 5.91 Å². The first-order valence-corrected chi connectivity index (χ1v) is 4.43. The summed E-state index contributed by atoms with van der Waals surface area (Å²) in [6, 6.07) is -0.320. The quantitative estimate of drug-likeness (QED) is 0.482. The first-order chi connectivity index (χ1) is 5.56. The van der Waals surface area contributed by atoms with Gasteiger partial charge in [-0.3, -0.25) is 10.1 Å². The van der Waals surface area contributed by atoms with Crippen molar-refractivity contribution in [2.75, 3.05) is 12.3 Å². The van der Waals surface area contributed by atoms with Crippen molar-refractivity contribution in [3.05, 3.63) is 0 Å². The van der Waals surface area contributed by atoms with Gasteiger partial charge in [0.2, 0.25) is 0 Å². The highest BCUT2D eigenvalue weighted by molar-refractivity contribution is 7.80. The molecule has 1 N–H and O–H groups in total. The molecule has 68 valence electrons. The lowest BCUT2D eigenvalue weighted by Gasteiger charge is -2.28. The van der Waals surface area contributed by atoms with Crippen LogP contribution in [0.4, 0.5) is 4.79 Å². The molecule has 12 heavy (non-hydrogen) atoms. The van der Waals surface area contributed by atoms with Gasteiger partial charge in [-0.05, 0) is 13.8 Å². The predicted octanol–water partition coefficient (Wildman–Crippen LogP) is 0.247. The van der Waals surface area contributed by atoms with Gasteiger partial charge in [-0.25, -0.2) is 4.79 Å². The number of likely N-dealkylation sites (N-methyl/N-ethyl adjacent to an activating group) is 1. The van der Waals surface area contributed by atoms with E-state index < -0.39 is 5.54 Å². The van der Waals surface area contributed by atoms with E-state index in [9.17, 15) is 9.59 Å². The summed E-state index contributed by atoms with van der Waals surface area (Å²) in [4.78, 5) is 23.9. The highest BCUT2D eigenvalue weighted by atomic mass is 32.1. The lowest BCUT2D eigenvalue weighted by molar-refractivity contribution is -0.124. The minimum atomic E-state index is -0.769. The van der Waals surface area contributed by atoms with Crippen LogP contribution in [0.1, 0.15) is 13.8 Å². The monoisotopic (exact) mass is 188 g/mol. The van der Waals surface area contributed by atoms with Gasteiger partial charge in [0.1, 0.15) is 5.54 Å². The molecule has 4 nitrogen and oxygen atoms in total. The van der Waals surface area contributed by atoms with Crippen molar-refractivity contribution in [2.45, 2.75) is 19.4 Å². The molecule has 0 aromatic carbocycles. The zero-order chi connectivity index (χ0) is 9.35. The molecule has 1 aliphatic rings. The Morgan fingerprint density at radius 1 is 1.58 bits per heavy atom. The molecule has 0 aromatic rings. The molecule has 0 spiro atoms. The molecule has 1 heterocycles. The van der Waals surface area contributed by atoms with Crippen LogP contribution in [-0.4, -0.2) is 34.7 Å². The smallest absolute Gasteiger partial charge is 0.309 e. The summed E-state index contributed by atoms with van der Waals surface area (Å²) in [7, 11) is 0. The molecule has 0 bridgehead atoms. The van der Waals surface area contributed by atoms with Gasteiger partial charge in [-0.2, -0.15) is 12.6 Å². The Kier molecular flexibility index (Phi) is 2.32. The molecule has 0 aromatic heterocycles. The normalized spacial score (nSPS) is 29.4. The van der Waals surface area contributed by atoms with E-state index in [-0.39, 0.29) is 11.9 Å². The highest BCUT2D eigenvalue weighted by Gasteiger charge is 2.47. The van der Waals surface area contributed by atoms with Gasteiger partial charge in [0.15, 0.2) is 0 Å². The first-order valence-electron chi connectivity index (χ1n) is 3.80. The van der Waals surface area contributed by atoms with Gasteiger partial charge >= 0.3 is 6.03 Å². The van der Waals surface area contributed by atoms with Crippen LogP contribution in [0.2, 0.25) is 0 Å². The average molecular weight is 188 g/mol. The number of carbonyl (C=O) groups excluding carboxylic acids is 2. The third-order valence-electron chi connectivity index (χ3n) is 2.17. The zero-order valence-electron chi connectivity index (χ0n) is 7.13. The Bertz CT molecular complexity index is 231. The lowest BCUT2D eigenvalue weighted by atomic mass is 10.0. The topological polar surface area (TPSA) is 49.4 Å². The summed E-state index contributed by atoms with van der Waals surface area (Å²) < 4.78 is 0. The molecule has 3 amide bonds. The molecule has 0 radical (unpaired) electrons. The first kappa shape index (κ1) is 9.38. The second-order valence-corrected chi connectivity index (χ2v) is 3.25. The van der Waals surface area contributed by atoms with Crippen LogP contribution >= 0.6 is 12.6 Å². The minimum Gasteiger partial charge on any atom is -0.309 e. The summed E-state index contributed by atoms with van der Waals surface area (Å²) in [5, 5.41) is 2.26. The van der Waals surface area contributed by atoms with Crippen molar-refractivity contribution >= 4 is 24.6 Å². The fourth-order valence-corrected chi connectivity index (χ4v) is 1.61. The SMILES string of the molecule is CCN1C(=O)NC(=O)[C@@]1(C)CS. The largest absolute Gasteiger partial charge is 0.325 e. The van der Waals surface area contributed by atoms with E-state index in [0.29, 0.717) is 12.3 Å². The Labute approximate surface area is 76.7 Å². The van der Waals surface area contributed by atoms with E-state index in [0.717, 1.165) is 0 Å². The predicted molar refractivity (Wildman–Crippen MR) is 48.2 cm³/mol. The molecule has 1 atom stereocenters. The number of hydrogen-bond donors (Lipinski definition) is 2. The van der Waals surface area contributed by atoms with E-state index >= 15 is 0 Å². The molecule has 1 saturated heterocycles. The van der Waals surface area contributed by atoms with Crippen molar-refractivity contribution in [3.8, 4) is 0 Å². The molecular weight excluding hydrogens is 176 g/mol. The van der Waals surface area contributed by atoms with Crippen LogP contribution in [0, 0.1) is 0 Å². The number of thiol groups is 1. The van der Waals surface area contributed by atoms with E-state index in [4.69, 9.17) is 0 Å². The second-order valence-electron chi connectivity index (χ2n) is 2.94. The number of urea groups is 1. The molecule has 1 aliphatic heterocycles. The lowest BCUT2D eigenvalue weighted by Crippen LogP contribution is -2.48. The van der Waals surface area contributed by atoms with Gasteiger partial charge in [-0.1, -0.05) is 0 Å². The zero-order valence-corrected chi connectivity index (χ0v) is 8.02. The summed E-state index contributed by atoms with van der Waals surface area (Å²) >= 11 is 4.06. The summed E-state index contributed by atoms with van der Waals surface area (Å²) in [5.41, 5.74) is -0.769.